The molecule has 44 heavy (non-hydrogen) atoms. The summed E-state index contributed by atoms with van der Waals surface area (Å²) in [6, 6.07) is 10.1. The molecular weight excluding hydrogens is 561 g/mol. The molecule has 5 rings (SSSR count). The summed E-state index contributed by atoms with van der Waals surface area (Å²) < 4.78 is 20.9. The van der Waals surface area contributed by atoms with E-state index in [9.17, 15) is 19.2 Å². The zero-order valence-electron chi connectivity index (χ0n) is 26.2. The third-order valence-corrected chi connectivity index (χ3v) is 8.18. The van der Waals surface area contributed by atoms with Gasteiger partial charge in [0.05, 0.1) is 17.9 Å². The molecule has 0 unspecified atom stereocenters. The number of anilines is 1. The highest BCUT2D eigenvalue weighted by Gasteiger charge is 2.42. The van der Waals surface area contributed by atoms with Crippen LogP contribution in [0.1, 0.15) is 64.2 Å². The molecule has 0 N–H and O–H groups in total. The smallest absolute Gasteiger partial charge is 0.410 e. The average Bonchev–Trinajstić information content (AvgIpc) is 3.51. The molecule has 2 aliphatic heterocycles. The van der Waals surface area contributed by atoms with Crippen molar-refractivity contribution in [2.45, 2.75) is 77.6 Å². The minimum absolute atomic E-state index is 0.0633. The van der Waals surface area contributed by atoms with Crippen LogP contribution in [0.3, 0.4) is 0 Å². The van der Waals surface area contributed by atoms with E-state index in [1.807, 2.05) is 44.9 Å². The van der Waals surface area contributed by atoms with Gasteiger partial charge in [-0.2, -0.15) is 5.26 Å². The van der Waals surface area contributed by atoms with Gasteiger partial charge in [-0.25, -0.2) is 14.2 Å². The summed E-state index contributed by atoms with van der Waals surface area (Å²) in [5.74, 6) is -0.0731. The van der Waals surface area contributed by atoms with E-state index in [4.69, 9.17) is 9.72 Å². The summed E-state index contributed by atoms with van der Waals surface area (Å²) in [6.45, 7) is 13.4. The molecule has 0 spiro atoms. The Bertz CT molecular complexity index is 1570. The molecule has 0 saturated carbocycles. The van der Waals surface area contributed by atoms with Crippen LogP contribution >= 0.6 is 0 Å². The number of benzene rings is 1. The van der Waals surface area contributed by atoms with Crippen LogP contribution in [-0.4, -0.2) is 80.2 Å². The van der Waals surface area contributed by atoms with Crippen LogP contribution in [0.15, 0.2) is 48.9 Å². The molecule has 1 fully saturated rings. The molecule has 4 heterocycles. The number of pyridine rings is 1. The summed E-state index contributed by atoms with van der Waals surface area (Å²) in [5, 5.41) is 9.56. The molecule has 0 aliphatic carbocycles. The van der Waals surface area contributed by atoms with Gasteiger partial charge >= 0.3 is 6.09 Å². The number of carbonyl (C=O) groups is 2. The lowest BCUT2D eigenvalue weighted by atomic mass is 9.91. The molecule has 1 aromatic carbocycles. The lowest BCUT2D eigenvalue weighted by molar-refractivity contribution is -0.121. The summed E-state index contributed by atoms with van der Waals surface area (Å²) in [7, 11) is 0. The van der Waals surface area contributed by atoms with Gasteiger partial charge in [-0.15, -0.1) is 0 Å². The summed E-state index contributed by atoms with van der Waals surface area (Å²) in [5.41, 5.74) is 2.58. The van der Waals surface area contributed by atoms with Crippen LogP contribution in [0.25, 0.3) is 0 Å². The molecule has 11 heteroatoms. The van der Waals surface area contributed by atoms with Crippen molar-refractivity contribution in [2.24, 2.45) is 0 Å². The third kappa shape index (κ3) is 6.76. The van der Waals surface area contributed by atoms with Crippen LogP contribution in [0.4, 0.5) is 14.9 Å². The lowest BCUT2D eigenvalue weighted by Crippen LogP contribution is -2.62. The van der Waals surface area contributed by atoms with Gasteiger partial charge in [0, 0.05) is 62.3 Å². The first kappa shape index (κ1) is 31.1. The Balaban J connectivity index is 1.39. The van der Waals surface area contributed by atoms with E-state index in [2.05, 4.69) is 29.8 Å². The second-order valence-corrected chi connectivity index (χ2v) is 13.5. The highest BCUT2D eigenvalue weighted by atomic mass is 19.1. The molecule has 10 nitrogen and oxygen atoms in total. The number of imidazole rings is 1. The first-order valence-electron chi connectivity index (χ1n) is 14.9. The van der Waals surface area contributed by atoms with Crippen LogP contribution in [0.2, 0.25) is 0 Å². The van der Waals surface area contributed by atoms with Crippen molar-refractivity contribution >= 4 is 17.7 Å². The summed E-state index contributed by atoms with van der Waals surface area (Å²) in [4.78, 5) is 41.7. The average molecular weight is 602 g/mol. The van der Waals surface area contributed by atoms with E-state index in [0.717, 1.165) is 22.5 Å². The van der Waals surface area contributed by atoms with Gasteiger partial charge in [-0.05, 0) is 63.4 Å². The van der Waals surface area contributed by atoms with Crippen molar-refractivity contribution in [3.63, 3.8) is 0 Å². The van der Waals surface area contributed by atoms with Crippen molar-refractivity contribution < 1.29 is 18.7 Å². The molecule has 0 radical (unpaired) electrons. The van der Waals surface area contributed by atoms with Crippen LogP contribution < -0.4 is 4.90 Å². The molecule has 0 bridgehead atoms. The second kappa shape index (κ2) is 12.0. The van der Waals surface area contributed by atoms with Gasteiger partial charge in [-0.3, -0.25) is 14.7 Å². The number of nitrogens with zero attached hydrogens (tertiary/aromatic N) is 7. The second-order valence-electron chi connectivity index (χ2n) is 13.5. The minimum atomic E-state index is -0.642. The fraction of sp³-hybridized carbons (Fsp3) is 0.485. The summed E-state index contributed by atoms with van der Waals surface area (Å²) in [6.07, 6.45) is 5.32. The molecule has 232 valence electrons. The SMILES string of the molecule is C[C@@H]1CN(CC(=O)N2CC(C)(C)c3ncc(Cc4ccc(F)cc4)cc32)[C@@H](Cn2ccnc2C#N)CN1C(=O)OC(C)(C)C. The predicted molar refractivity (Wildman–Crippen MR) is 164 cm³/mol. The maximum Gasteiger partial charge on any atom is 0.410 e. The Labute approximate surface area is 258 Å². The number of ether oxygens (including phenoxy) is 1. The Morgan fingerprint density at radius 2 is 1.86 bits per heavy atom. The number of aromatic nitrogens is 3. The van der Waals surface area contributed by atoms with Crippen molar-refractivity contribution in [1.82, 2.24) is 24.3 Å². The number of nitriles is 1. The van der Waals surface area contributed by atoms with Gasteiger partial charge in [-0.1, -0.05) is 26.0 Å². The number of rotatable bonds is 6. The maximum absolute atomic E-state index is 14.1. The Hall–Kier alpha value is -4.30. The quantitative estimate of drug-likeness (QED) is 0.409. The Morgan fingerprint density at radius 1 is 1.14 bits per heavy atom. The standard InChI is InChI=1S/C33H40FN7O3/c1-22-17-39(26(18-38-12-11-36-28(38)15-35)19-40(22)31(43)44-32(2,3)4)20-29(42)41-21-33(5,6)30-27(41)14-24(16-37-30)13-23-7-9-25(34)10-8-23/h7-12,14,16,22,26H,13,17-21H2,1-6H3/t22-,26+/m1/s1. The number of fused-ring (bicyclic) bond motifs is 1. The summed E-state index contributed by atoms with van der Waals surface area (Å²) >= 11 is 0. The number of hydrogen-bond acceptors (Lipinski definition) is 7. The first-order valence-corrected chi connectivity index (χ1v) is 14.9. The fourth-order valence-electron chi connectivity index (χ4n) is 6.04. The van der Waals surface area contributed by atoms with Gasteiger partial charge in [0.25, 0.3) is 0 Å². The van der Waals surface area contributed by atoms with E-state index in [0.29, 0.717) is 32.6 Å². The normalized spacial score (nSPS) is 19.9. The molecule has 2 aliphatic rings. The van der Waals surface area contributed by atoms with Crippen molar-refractivity contribution in [3.8, 4) is 6.07 Å². The van der Waals surface area contributed by atoms with E-state index >= 15 is 0 Å². The third-order valence-electron chi connectivity index (χ3n) is 8.18. The van der Waals surface area contributed by atoms with Gasteiger partial charge < -0.3 is 19.1 Å². The molecule has 2 amide bonds. The zero-order chi connectivity index (χ0) is 31.8. The molecule has 3 aromatic rings. The molecule has 2 atom stereocenters. The first-order chi connectivity index (χ1) is 20.7. The number of piperazine rings is 1. The highest BCUT2D eigenvalue weighted by molar-refractivity contribution is 5.97. The van der Waals surface area contributed by atoms with E-state index in [1.165, 1.54) is 12.1 Å². The molecular formula is C33H40FN7O3. The van der Waals surface area contributed by atoms with Crippen molar-refractivity contribution in [2.75, 3.05) is 31.1 Å². The largest absolute Gasteiger partial charge is 0.444 e. The van der Waals surface area contributed by atoms with Crippen LogP contribution in [0, 0.1) is 17.1 Å². The monoisotopic (exact) mass is 601 g/mol. The number of hydrogen-bond donors (Lipinski definition) is 0. The van der Waals surface area contributed by atoms with Crippen molar-refractivity contribution in [3.05, 3.63) is 77.4 Å². The number of amides is 2. The van der Waals surface area contributed by atoms with Gasteiger partial charge in [0.15, 0.2) is 0 Å². The Morgan fingerprint density at radius 3 is 2.55 bits per heavy atom. The minimum Gasteiger partial charge on any atom is -0.444 e. The number of halogens is 1. The predicted octanol–water partition coefficient (Wildman–Crippen LogP) is 4.51. The van der Waals surface area contributed by atoms with E-state index < -0.39 is 11.7 Å². The maximum atomic E-state index is 14.1. The number of carbonyl (C=O) groups excluding carboxylic acids is 2. The molecule has 1 saturated heterocycles. The lowest BCUT2D eigenvalue weighted by Gasteiger charge is -2.45. The van der Waals surface area contributed by atoms with Gasteiger partial charge in [0.1, 0.15) is 17.5 Å². The highest BCUT2D eigenvalue weighted by Crippen LogP contribution is 2.40. The molecule has 2 aromatic heterocycles. The zero-order valence-corrected chi connectivity index (χ0v) is 26.2. The topological polar surface area (TPSA) is 108 Å². The van der Waals surface area contributed by atoms with Crippen LogP contribution in [0.5, 0.6) is 0 Å². The van der Waals surface area contributed by atoms with E-state index in [1.54, 1.807) is 34.0 Å². The van der Waals surface area contributed by atoms with Crippen LogP contribution in [-0.2, 0) is 27.9 Å². The fourth-order valence-corrected chi connectivity index (χ4v) is 6.04. The van der Waals surface area contributed by atoms with Crippen molar-refractivity contribution in [1.29, 1.82) is 5.26 Å². The van der Waals surface area contributed by atoms with E-state index in [-0.39, 0.29) is 41.6 Å². The Kier molecular flexibility index (Phi) is 8.49. The van der Waals surface area contributed by atoms with Gasteiger partial charge in [0.2, 0.25) is 11.7 Å².